The third-order valence-corrected chi connectivity index (χ3v) is 5.15. The van der Waals surface area contributed by atoms with Gasteiger partial charge in [0.05, 0.1) is 10.8 Å². The Balaban J connectivity index is 1.66. The number of nitrogens with one attached hydrogen (secondary N) is 1. The molecule has 1 atom stereocenters. The van der Waals surface area contributed by atoms with Gasteiger partial charge < -0.3 is 9.73 Å². The van der Waals surface area contributed by atoms with E-state index in [4.69, 9.17) is 21.3 Å². The summed E-state index contributed by atoms with van der Waals surface area (Å²) in [5, 5.41) is 22.3. The molecule has 0 unspecified atom stereocenters. The summed E-state index contributed by atoms with van der Waals surface area (Å²) in [5.74, 6) is 0.0917. The highest BCUT2D eigenvalue weighted by molar-refractivity contribution is 8.00. The summed E-state index contributed by atoms with van der Waals surface area (Å²) in [4.78, 5) is 12.3. The minimum atomic E-state index is -0.471. The van der Waals surface area contributed by atoms with Crippen LogP contribution < -0.4 is 5.32 Å². The van der Waals surface area contributed by atoms with Gasteiger partial charge in [-0.05, 0) is 36.6 Å². The monoisotopic (exact) mass is 390 g/mol. The lowest BCUT2D eigenvalue weighted by Gasteiger charge is -2.08. The van der Waals surface area contributed by atoms with Crippen LogP contribution in [0.5, 0.6) is 0 Å². The first-order chi connectivity index (χ1) is 12.1. The highest BCUT2D eigenvalue weighted by Crippen LogP contribution is 2.29. The summed E-state index contributed by atoms with van der Waals surface area (Å²) in [6.07, 6.45) is 0. The van der Waals surface area contributed by atoms with Gasteiger partial charge in [-0.2, -0.15) is 5.26 Å². The molecule has 0 spiro atoms. The van der Waals surface area contributed by atoms with E-state index in [-0.39, 0.29) is 11.1 Å². The fraction of sp³-hybridized carbons (Fsp3) is 0.125. The number of rotatable bonds is 5. The Morgan fingerprint density at radius 2 is 2.28 bits per heavy atom. The Bertz CT molecular complexity index is 948. The molecule has 0 fully saturated rings. The second-order valence-corrected chi connectivity index (χ2v) is 7.55. The quantitative estimate of drug-likeness (QED) is 0.647. The number of amides is 1. The zero-order valence-corrected chi connectivity index (χ0v) is 15.3. The number of aromatic nitrogens is 2. The van der Waals surface area contributed by atoms with Gasteiger partial charge in [-0.3, -0.25) is 4.79 Å². The van der Waals surface area contributed by atoms with Crippen LogP contribution in [0.1, 0.15) is 12.5 Å². The Hall–Kier alpha value is -2.34. The predicted octanol–water partition coefficient (Wildman–Crippen LogP) is 4.44. The molecule has 1 N–H and O–H groups in total. The first kappa shape index (κ1) is 17.5. The van der Waals surface area contributed by atoms with E-state index in [9.17, 15) is 4.79 Å². The number of benzene rings is 1. The van der Waals surface area contributed by atoms with Crippen LogP contribution in [0.2, 0.25) is 5.02 Å². The number of halogens is 1. The molecule has 3 rings (SSSR count). The van der Waals surface area contributed by atoms with Gasteiger partial charge in [0.25, 0.3) is 5.22 Å². The fourth-order valence-corrected chi connectivity index (χ4v) is 3.52. The molecular weight excluding hydrogens is 380 g/mol. The van der Waals surface area contributed by atoms with Crippen molar-refractivity contribution in [2.75, 3.05) is 5.32 Å². The summed E-state index contributed by atoms with van der Waals surface area (Å²) in [7, 11) is 0. The van der Waals surface area contributed by atoms with E-state index in [1.807, 2.05) is 12.1 Å². The van der Waals surface area contributed by atoms with Gasteiger partial charge in [0.1, 0.15) is 11.1 Å². The standard InChI is InChI=1S/C16H11ClN4O2S2/c1-9(13(22)19-15-11(8-18)5-6-24-15)25-16-21-20-14(23-16)10-3-2-4-12(17)7-10/h2-7,9H,1H3,(H,19,22)/t9-/m0/s1. The molecule has 1 amide bonds. The number of thiophene rings is 1. The molecule has 3 aromatic rings. The largest absolute Gasteiger partial charge is 0.411 e. The molecule has 9 heteroatoms. The van der Waals surface area contributed by atoms with Crippen molar-refractivity contribution < 1.29 is 9.21 Å². The van der Waals surface area contributed by atoms with Gasteiger partial charge in [-0.25, -0.2) is 0 Å². The summed E-state index contributed by atoms with van der Waals surface area (Å²) in [5.41, 5.74) is 1.15. The number of thioether (sulfide) groups is 1. The fourth-order valence-electron chi connectivity index (χ4n) is 1.91. The smallest absolute Gasteiger partial charge is 0.277 e. The Morgan fingerprint density at radius 3 is 3.04 bits per heavy atom. The molecule has 0 aliphatic carbocycles. The van der Waals surface area contributed by atoms with Gasteiger partial charge in [0.2, 0.25) is 11.8 Å². The Labute approximate surface area is 156 Å². The van der Waals surface area contributed by atoms with E-state index in [1.165, 1.54) is 11.3 Å². The third-order valence-electron chi connectivity index (χ3n) is 3.15. The molecule has 25 heavy (non-hydrogen) atoms. The molecule has 1 aromatic carbocycles. The maximum absolute atomic E-state index is 12.3. The molecule has 2 heterocycles. The minimum absolute atomic E-state index is 0.244. The molecule has 2 aromatic heterocycles. The Morgan fingerprint density at radius 1 is 1.44 bits per heavy atom. The molecule has 6 nitrogen and oxygen atoms in total. The van der Waals surface area contributed by atoms with Gasteiger partial charge in [0.15, 0.2) is 0 Å². The number of carbonyl (C=O) groups excluding carboxylic acids is 1. The lowest BCUT2D eigenvalue weighted by Crippen LogP contribution is -2.22. The van der Waals surface area contributed by atoms with Crippen molar-refractivity contribution in [3.8, 4) is 17.5 Å². The molecule has 126 valence electrons. The van der Waals surface area contributed by atoms with E-state index in [0.29, 0.717) is 27.0 Å². The highest BCUT2D eigenvalue weighted by Gasteiger charge is 2.20. The van der Waals surface area contributed by atoms with Crippen LogP contribution in [0.3, 0.4) is 0 Å². The summed E-state index contributed by atoms with van der Waals surface area (Å²) < 4.78 is 5.58. The van der Waals surface area contributed by atoms with Crippen LogP contribution in [0.15, 0.2) is 45.4 Å². The lowest BCUT2D eigenvalue weighted by molar-refractivity contribution is -0.115. The maximum atomic E-state index is 12.3. The maximum Gasteiger partial charge on any atom is 0.277 e. The average Bonchev–Trinajstić information content (AvgIpc) is 3.24. The van der Waals surface area contributed by atoms with Crippen molar-refractivity contribution >= 4 is 45.6 Å². The molecule has 0 saturated heterocycles. The first-order valence-corrected chi connectivity index (χ1v) is 9.25. The van der Waals surface area contributed by atoms with Crippen molar-refractivity contribution in [3.63, 3.8) is 0 Å². The highest BCUT2D eigenvalue weighted by atomic mass is 35.5. The Kier molecular flexibility index (Phi) is 5.38. The summed E-state index contributed by atoms with van der Waals surface area (Å²) in [6.45, 7) is 1.73. The second-order valence-electron chi connectivity index (χ2n) is 4.91. The SMILES string of the molecule is C[C@H](Sc1nnc(-c2cccc(Cl)c2)o1)C(=O)Nc1sccc1C#N. The predicted molar refractivity (Wildman–Crippen MR) is 97.7 cm³/mol. The molecule has 0 radical (unpaired) electrons. The average molecular weight is 391 g/mol. The first-order valence-electron chi connectivity index (χ1n) is 7.11. The second kappa shape index (κ2) is 7.70. The van der Waals surface area contributed by atoms with Crippen LogP contribution in [-0.4, -0.2) is 21.4 Å². The van der Waals surface area contributed by atoms with Crippen LogP contribution >= 0.6 is 34.7 Å². The zero-order valence-electron chi connectivity index (χ0n) is 12.9. The van der Waals surface area contributed by atoms with Crippen molar-refractivity contribution in [3.05, 3.63) is 46.3 Å². The third kappa shape index (κ3) is 4.20. The number of carbonyl (C=O) groups is 1. The van der Waals surface area contributed by atoms with Gasteiger partial charge in [-0.1, -0.05) is 29.4 Å². The van der Waals surface area contributed by atoms with Gasteiger partial charge in [0, 0.05) is 10.6 Å². The number of nitriles is 1. The minimum Gasteiger partial charge on any atom is -0.411 e. The number of hydrogen-bond acceptors (Lipinski definition) is 7. The molecule has 0 bridgehead atoms. The summed E-state index contributed by atoms with van der Waals surface area (Å²) >= 11 is 8.39. The van der Waals surface area contributed by atoms with Crippen molar-refractivity contribution in [1.82, 2.24) is 10.2 Å². The van der Waals surface area contributed by atoms with E-state index in [2.05, 4.69) is 15.5 Å². The molecular formula is C16H11ClN4O2S2. The van der Waals surface area contributed by atoms with Crippen molar-refractivity contribution in [2.24, 2.45) is 0 Å². The topological polar surface area (TPSA) is 91.8 Å². The van der Waals surface area contributed by atoms with E-state index in [0.717, 1.165) is 11.8 Å². The number of hydrogen-bond donors (Lipinski definition) is 1. The summed E-state index contributed by atoms with van der Waals surface area (Å²) in [6, 6.07) is 10.8. The van der Waals surface area contributed by atoms with Crippen LogP contribution in [0, 0.1) is 11.3 Å². The van der Waals surface area contributed by atoms with Crippen LogP contribution in [0.25, 0.3) is 11.5 Å². The molecule has 0 aliphatic rings. The normalized spacial score (nSPS) is 11.7. The van der Waals surface area contributed by atoms with Gasteiger partial charge in [-0.15, -0.1) is 21.5 Å². The van der Waals surface area contributed by atoms with Crippen molar-refractivity contribution in [2.45, 2.75) is 17.4 Å². The van der Waals surface area contributed by atoms with E-state index < -0.39 is 5.25 Å². The lowest BCUT2D eigenvalue weighted by atomic mass is 10.2. The van der Waals surface area contributed by atoms with E-state index >= 15 is 0 Å². The molecule has 0 saturated carbocycles. The van der Waals surface area contributed by atoms with E-state index in [1.54, 1.807) is 36.6 Å². The van der Waals surface area contributed by atoms with Crippen LogP contribution in [-0.2, 0) is 4.79 Å². The number of nitrogens with zero attached hydrogens (tertiary/aromatic N) is 3. The van der Waals surface area contributed by atoms with Crippen molar-refractivity contribution in [1.29, 1.82) is 5.26 Å². The van der Waals surface area contributed by atoms with Crippen LogP contribution in [0.4, 0.5) is 5.00 Å². The number of anilines is 1. The zero-order chi connectivity index (χ0) is 17.8. The van der Waals surface area contributed by atoms with Gasteiger partial charge >= 0.3 is 0 Å². The molecule has 0 aliphatic heterocycles.